The van der Waals surface area contributed by atoms with Crippen LogP contribution in [0.1, 0.15) is 47.5 Å². The van der Waals surface area contributed by atoms with Crippen LogP contribution in [0.3, 0.4) is 0 Å². The molecule has 0 aromatic carbocycles. The quantitative estimate of drug-likeness (QED) is 0.695. The fourth-order valence-corrected chi connectivity index (χ4v) is 2.43. The van der Waals surface area contributed by atoms with E-state index in [9.17, 15) is 9.59 Å². The minimum Gasteiger partial charge on any atom is -0.381 e. The van der Waals surface area contributed by atoms with Crippen LogP contribution in [0, 0.1) is 11.8 Å². The molecule has 3 atom stereocenters. The molecule has 122 valence electrons. The van der Waals surface area contributed by atoms with Gasteiger partial charge in [0.15, 0.2) is 0 Å². The normalized spacial score (nSPS) is 24.4. The number of hydrogen-bond donors (Lipinski definition) is 1. The number of nitrogens with one attached hydrogen (secondary N) is 1. The van der Waals surface area contributed by atoms with Crippen molar-refractivity contribution in [2.24, 2.45) is 11.8 Å². The van der Waals surface area contributed by atoms with Gasteiger partial charge in [0.1, 0.15) is 12.1 Å². The first kappa shape index (κ1) is 18.0. The van der Waals surface area contributed by atoms with Crippen molar-refractivity contribution in [3.05, 3.63) is 0 Å². The van der Waals surface area contributed by atoms with Crippen LogP contribution < -0.4 is 5.32 Å². The molecule has 1 aliphatic rings. The molecule has 1 rings (SSSR count). The van der Waals surface area contributed by atoms with Crippen molar-refractivity contribution >= 4 is 11.8 Å². The van der Waals surface area contributed by atoms with E-state index in [1.54, 1.807) is 11.8 Å². The molecule has 0 aromatic heterocycles. The summed E-state index contributed by atoms with van der Waals surface area (Å²) in [6.07, 6.45) is 1.64. The predicted octanol–water partition coefficient (Wildman–Crippen LogP) is 1.81. The molecule has 5 nitrogen and oxygen atoms in total. The Balaban J connectivity index is 2.53. The minimum atomic E-state index is -0.386. The Morgan fingerprint density at radius 2 is 1.95 bits per heavy atom. The van der Waals surface area contributed by atoms with E-state index in [1.165, 1.54) is 0 Å². The van der Waals surface area contributed by atoms with Crippen LogP contribution >= 0.6 is 0 Å². The molecule has 1 fully saturated rings. The number of carbonyl (C=O) groups excluding carboxylic acids is 2. The molecule has 0 saturated carbocycles. The minimum absolute atomic E-state index is 0.0420. The van der Waals surface area contributed by atoms with E-state index in [0.29, 0.717) is 19.1 Å². The van der Waals surface area contributed by atoms with Gasteiger partial charge in [0.05, 0.1) is 0 Å². The van der Waals surface area contributed by atoms with E-state index in [0.717, 1.165) is 19.4 Å². The first-order chi connectivity index (χ1) is 9.88. The Kier molecular flexibility index (Phi) is 7.15. The molecule has 21 heavy (non-hydrogen) atoms. The van der Waals surface area contributed by atoms with Gasteiger partial charge in [0.2, 0.25) is 11.8 Å². The van der Waals surface area contributed by atoms with Gasteiger partial charge in [-0.2, -0.15) is 0 Å². The molecule has 5 heteroatoms. The Bertz CT molecular complexity index is 357. The molecule has 1 heterocycles. The van der Waals surface area contributed by atoms with Crippen molar-refractivity contribution in [2.75, 3.05) is 19.8 Å². The van der Waals surface area contributed by atoms with Crippen molar-refractivity contribution in [1.29, 1.82) is 0 Å². The predicted molar refractivity (Wildman–Crippen MR) is 82.8 cm³/mol. The van der Waals surface area contributed by atoms with Gasteiger partial charge < -0.3 is 15.0 Å². The van der Waals surface area contributed by atoms with Crippen molar-refractivity contribution in [1.82, 2.24) is 10.2 Å². The maximum Gasteiger partial charge on any atom is 0.246 e. The highest BCUT2D eigenvalue weighted by Gasteiger charge is 2.39. The molecule has 0 aromatic rings. The van der Waals surface area contributed by atoms with E-state index >= 15 is 0 Å². The number of nitrogens with zero attached hydrogens (tertiary/aromatic N) is 1. The number of rotatable bonds is 8. The van der Waals surface area contributed by atoms with Crippen molar-refractivity contribution in [2.45, 2.75) is 59.5 Å². The molecule has 1 N–H and O–H groups in total. The lowest BCUT2D eigenvalue weighted by Crippen LogP contribution is -2.64. The Hall–Kier alpha value is -1.10. The van der Waals surface area contributed by atoms with Crippen LogP contribution in [-0.4, -0.2) is 48.6 Å². The second-order valence-corrected chi connectivity index (χ2v) is 6.40. The second kappa shape index (κ2) is 8.37. The van der Waals surface area contributed by atoms with E-state index in [2.05, 4.69) is 19.2 Å². The van der Waals surface area contributed by atoms with E-state index < -0.39 is 0 Å². The van der Waals surface area contributed by atoms with Gasteiger partial charge in [0.25, 0.3) is 0 Å². The first-order valence-electron chi connectivity index (χ1n) is 8.07. The Morgan fingerprint density at radius 3 is 2.52 bits per heavy atom. The third-order valence-corrected chi connectivity index (χ3v) is 4.05. The zero-order chi connectivity index (χ0) is 16.0. The molecule has 0 spiro atoms. The van der Waals surface area contributed by atoms with Gasteiger partial charge in [-0.25, -0.2) is 0 Å². The summed E-state index contributed by atoms with van der Waals surface area (Å²) in [6, 6.07) is -0.766. The molecule has 3 unspecified atom stereocenters. The molecule has 1 aliphatic heterocycles. The Morgan fingerprint density at radius 1 is 1.29 bits per heavy atom. The van der Waals surface area contributed by atoms with Gasteiger partial charge in [-0.15, -0.1) is 0 Å². The van der Waals surface area contributed by atoms with Crippen LogP contribution in [0.4, 0.5) is 0 Å². The molecule has 0 radical (unpaired) electrons. The number of carbonyl (C=O) groups is 2. The summed E-state index contributed by atoms with van der Waals surface area (Å²) in [5.74, 6) is 0.665. The average Bonchev–Trinajstić information content (AvgIpc) is 2.44. The molecular formula is C16H30N2O3. The van der Waals surface area contributed by atoms with Crippen molar-refractivity contribution in [3.8, 4) is 0 Å². The second-order valence-electron chi connectivity index (χ2n) is 6.40. The fraction of sp³-hybridized carbons (Fsp3) is 0.875. The molecular weight excluding hydrogens is 268 g/mol. The highest BCUT2D eigenvalue weighted by atomic mass is 16.5. The van der Waals surface area contributed by atoms with Gasteiger partial charge in [0, 0.05) is 19.8 Å². The van der Waals surface area contributed by atoms with Gasteiger partial charge in [-0.1, -0.05) is 34.1 Å². The van der Waals surface area contributed by atoms with E-state index in [-0.39, 0.29) is 29.8 Å². The van der Waals surface area contributed by atoms with E-state index in [4.69, 9.17) is 4.74 Å². The summed E-state index contributed by atoms with van der Waals surface area (Å²) >= 11 is 0. The topological polar surface area (TPSA) is 58.6 Å². The summed E-state index contributed by atoms with van der Waals surface area (Å²) in [5, 5.41) is 2.85. The number of piperazine rings is 1. The number of ether oxygens (including phenoxy) is 1. The van der Waals surface area contributed by atoms with Crippen LogP contribution in [0.2, 0.25) is 0 Å². The summed E-state index contributed by atoms with van der Waals surface area (Å²) < 4.78 is 5.54. The Labute approximate surface area is 128 Å². The zero-order valence-electron chi connectivity index (χ0n) is 14.0. The van der Waals surface area contributed by atoms with Gasteiger partial charge >= 0.3 is 0 Å². The maximum atomic E-state index is 12.5. The van der Waals surface area contributed by atoms with Crippen molar-refractivity contribution in [3.63, 3.8) is 0 Å². The lowest BCUT2D eigenvalue weighted by Gasteiger charge is -2.39. The first-order valence-corrected chi connectivity index (χ1v) is 8.07. The van der Waals surface area contributed by atoms with Gasteiger partial charge in [-0.05, 0) is 25.2 Å². The van der Waals surface area contributed by atoms with E-state index in [1.807, 2.05) is 13.8 Å². The zero-order valence-corrected chi connectivity index (χ0v) is 14.0. The van der Waals surface area contributed by atoms with Crippen LogP contribution in [-0.2, 0) is 14.3 Å². The fourth-order valence-electron chi connectivity index (χ4n) is 2.43. The smallest absolute Gasteiger partial charge is 0.246 e. The molecule has 0 aliphatic carbocycles. The molecule has 1 saturated heterocycles. The molecule has 0 bridgehead atoms. The summed E-state index contributed by atoms with van der Waals surface area (Å²) in [7, 11) is 0. The SMILES string of the molecule is CCC(C)C1NC(=O)C(C)N(CCCOCC(C)C)C1=O. The number of hydrogen-bond acceptors (Lipinski definition) is 3. The summed E-state index contributed by atoms with van der Waals surface area (Å²) in [6.45, 7) is 12.0. The van der Waals surface area contributed by atoms with Crippen LogP contribution in [0.15, 0.2) is 0 Å². The maximum absolute atomic E-state index is 12.5. The third kappa shape index (κ3) is 4.99. The van der Waals surface area contributed by atoms with Crippen molar-refractivity contribution < 1.29 is 14.3 Å². The lowest BCUT2D eigenvalue weighted by molar-refractivity contribution is -0.150. The van der Waals surface area contributed by atoms with Crippen LogP contribution in [0.5, 0.6) is 0 Å². The standard InChI is InChI=1S/C16H30N2O3/c1-6-12(4)14-16(20)18(13(5)15(19)17-14)8-7-9-21-10-11(2)3/h11-14H,6-10H2,1-5H3,(H,17,19). The molecule has 2 amide bonds. The van der Waals surface area contributed by atoms with Crippen LogP contribution in [0.25, 0.3) is 0 Å². The highest BCUT2D eigenvalue weighted by molar-refractivity contribution is 5.96. The summed E-state index contributed by atoms with van der Waals surface area (Å²) in [5.41, 5.74) is 0. The van der Waals surface area contributed by atoms with Gasteiger partial charge in [-0.3, -0.25) is 9.59 Å². The summed E-state index contributed by atoms with van der Waals surface area (Å²) in [4.78, 5) is 26.2. The lowest BCUT2D eigenvalue weighted by atomic mass is 9.94. The largest absolute Gasteiger partial charge is 0.381 e. The third-order valence-electron chi connectivity index (χ3n) is 4.05. The number of amides is 2. The monoisotopic (exact) mass is 298 g/mol. The highest BCUT2D eigenvalue weighted by Crippen LogP contribution is 2.18. The average molecular weight is 298 g/mol.